The van der Waals surface area contributed by atoms with Gasteiger partial charge in [-0.15, -0.1) is 13.2 Å². The second-order valence-electron chi connectivity index (χ2n) is 7.95. The van der Waals surface area contributed by atoms with E-state index in [1.807, 2.05) is 0 Å². The Morgan fingerprint density at radius 2 is 1.77 bits per heavy atom. The molecule has 0 saturated heterocycles. The van der Waals surface area contributed by atoms with Crippen LogP contribution < -0.4 is 15.6 Å². The van der Waals surface area contributed by atoms with Crippen LogP contribution in [0.2, 0.25) is 0 Å². The minimum absolute atomic E-state index is 0.0913. The molecular formula is C25H20F3N3O4. The number of nitrogens with zero attached hydrogens (tertiary/aromatic N) is 2. The van der Waals surface area contributed by atoms with E-state index in [9.17, 15) is 27.9 Å². The van der Waals surface area contributed by atoms with E-state index in [1.165, 1.54) is 42.7 Å². The van der Waals surface area contributed by atoms with Gasteiger partial charge >= 0.3 is 6.36 Å². The molecule has 0 aliphatic rings. The molecular weight excluding hydrogens is 463 g/mol. The van der Waals surface area contributed by atoms with Gasteiger partial charge in [0.05, 0.1) is 29.5 Å². The van der Waals surface area contributed by atoms with Gasteiger partial charge in [-0.3, -0.25) is 14.2 Å². The Balaban J connectivity index is 1.71. The van der Waals surface area contributed by atoms with Crippen LogP contribution in [0, 0.1) is 13.8 Å². The van der Waals surface area contributed by atoms with Gasteiger partial charge < -0.3 is 15.2 Å². The first-order valence-electron chi connectivity index (χ1n) is 10.5. The van der Waals surface area contributed by atoms with Crippen molar-refractivity contribution in [2.75, 3.05) is 5.32 Å². The normalized spacial score (nSPS) is 11.5. The summed E-state index contributed by atoms with van der Waals surface area (Å²) in [6.45, 7) is 3.10. The number of rotatable bonds is 5. The number of hydrogen-bond acceptors (Lipinski definition) is 5. The van der Waals surface area contributed by atoms with E-state index in [2.05, 4.69) is 15.0 Å². The summed E-state index contributed by atoms with van der Waals surface area (Å²) < 4.78 is 43.5. The number of phenolic OH excluding ortho intramolecular Hbond substituents is 1. The summed E-state index contributed by atoms with van der Waals surface area (Å²) in [6.07, 6.45) is -3.65. The number of fused-ring (bicyclic) bond motifs is 1. The van der Waals surface area contributed by atoms with Gasteiger partial charge in [-0.05, 0) is 55.3 Å². The van der Waals surface area contributed by atoms with E-state index < -0.39 is 23.6 Å². The van der Waals surface area contributed by atoms with E-state index >= 15 is 0 Å². The molecule has 0 spiro atoms. The summed E-state index contributed by atoms with van der Waals surface area (Å²) in [5.74, 6) is -0.831. The maximum atomic E-state index is 13.3. The molecule has 0 aliphatic carbocycles. The minimum atomic E-state index is -4.88. The van der Waals surface area contributed by atoms with Crippen LogP contribution in [-0.2, 0) is 6.54 Å². The highest BCUT2D eigenvalue weighted by atomic mass is 19.4. The molecule has 10 heteroatoms. The summed E-state index contributed by atoms with van der Waals surface area (Å²) >= 11 is 0. The van der Waals surface area contributed by atoms with Gasteiger partial charge in [-0.25, -0.2) is 4.98 Å². The molecule has 0 aliphatic heterocycles. The number of phenols is 1. The second kappa shape index (κ2) is 9.13. The van der Waals surface area contributed by atoms with E-state index in [0.29, 0.717) is 16.6 Å². The van der Waals surface area contributed by atoms with Crippen LogP contribution in [-0.4, -0.2) is 26.9 Å². The first kappa shape index (κ1) is 23.8. The molecule has 0 fully saturated rings. The average molecular weight is 483 g/mol. The molecule has 1 heterocycles. The van der Waals surface area contributed by atoms with Crippen LogP contribution in [0.1, 0.15) is 27.0 Å². The lowest BCUT2D eigenvalue weighted by molar-refractivity contribution is -0.274. The SMILES string of the molecule is Cc1cc(C(=O)Nc2cccc3ncn(Cc4ccccc4OC(F)(F)F)c(=O)c23)cc(C)c1O. The van der Waals surface area contributed by atoms with Crippen molar-refractivity contribution in [3.05, 3.63) is 93.5 Å². The maximum absolute atomic E-state index is 13.3. The number of nitrogens with one attached hydrogen (secondary N) is 1. The summed E-state index contributed by atoms with van der Waals surface area (Å²) in [6, 6.07) is 13.3. The molecule has 7 nitrogen and oxygen atoms in total. The van der Waals surface area contributed by atoms with Crippen molar-refractivity contribution in [1.82, 2.24) is 9.55 Å². The first-order valence-corrected chi connectivity index (χ1v) is 10.5. The van der Waals surface area contributed by atoms with Crippen LogP contribution in [0.5, 0.6) is 11.5 Å². The number of alkyl halides is 3. The molecule has 35 heavy (non-hydrogen) atoms. The number of ether oxygens (including phenoxy) is 1. The summed E-state index contributed by atoms with van der Waals surface area (Å²) in [5, 5.41) is 12.8. The molecule has 1 amide bonds. The highest BCUT2D eigenvalue weighted by Crippen LogP contribution is 2.27. The number of aromatic hydroxyl groups is 1. The molecule has 180 valence electrons. The van der Waals surface area contributed by atoms with E-state index in [-0.39, 0.29) is 34.5 Å². The Labute approximate surface area is 197 Å². The Hall–Kier alpha value is -4.34. The van der Waals surface area contributed by atoms with E-state index in [1.54, 1.807) is 26.0 Å². The maximum Gasteiger partial charge on any atom is 0.573 e. The zero-order chi connectivity index (χ0) is 25.3. The molecule has 4 rings (SSSR count). The predicted molar refractivity (Wildman–Crippen MR) is 124 cm³/mol. The van der Waals surface area contributed by atoms with Crippen molar-refractivity contribution in [3.63, 3.8) is 0 Å². The molecule has 0 atom stereocenters. The highest BCUT2D eigenvalue weighted by Gasteiger charge is 2.32. The van der Waals surface area contributed by atoms with Crippen LogP contribution in [0.4, 0.5) is 18.9 Å². The fourth-order valence-electron chi connectivity index (χ4n) is 3.74. The number of carbonyl (C=O) groups is 1. The van der Waals surface area contributed by atoms with Gasteiger partial charge in [0.1, 0.15) is 11.5 Å². The summed E-state index contributed by atoms with van der Waals surface area (Å²) in [7, 11) is 0. The van der Waals surface area contributed by atoms with Crippen LogP contribution >= 0.6 is 0 Å². The van der Waals surface area contributed by atoms with Crippen molar-refractivity contribution in [3.8, 4) is 11.5 Å². The van der Waals surface area contributed by atoms with Crippen LogP contribution in [0.3, 0.4) is 0 Å². The molecule has 1 aromatic heterocycles. The van der Waals surface area contributed by atoms with Crippen LogP contribution in [0.25, 0.3) is 10.9 Å². The predicted octanol–water partition coefficient (Wildman–Crippen LogP) is 4.92. The standard InChI is InChI=1S/C25H20F3N3O4/c1-14-10-17(11-15(2)22(14)32)23(33)30-19-8-5-7-18-21(19)24(34)31(13-29-18)12-16-6-3-4-9-20(16)35-25(26,27)28/h3-11,13,32H,12H2,1-2H3,(H,30,33). The average Bonchev–Trinajstić information content (AvgIpc) is 2.79. The largest absolute Gasteiger partial charge is 0.573 e. The quantitative estimate of drug-likeness (QED) is 0.421. The zero-order valence-corrected chi connectivity index (χ0v) is 18.7. The smallest absolute Gasteiger partial charge is 0.507 e. The fourth-order valence-corrected chi connectivity index (χ4v) is 3.74. The number of anilines is 1. The van der Waals surface area contributed by atoms with Gasteiger partial charge in [0, 0.05) is 11.1 Å². The van der Waals surface area contributed by atoms with Crippen molar-refractivity contribution in [2.24, 2.45) is 0 Å². The number of carbonyl (C=O) groups excluding carboxylic acids is 1. The van der Waals surface area contributed by atoms with Gasteiger partial charge in [0.2, 0.25) is 0 Å². The number of halogens is 3. The number of benzene rings is 3. The van der Waals surface area contributed by atoms with Crippen LogP contribution in [0.15, 0.2) is 65.7 Å². The van der Waals surface area contributed by atoms with Crippen molar-refractivity contribution >= 4 is 22.5 Å². The van der Waals surface area contributed by atoms with Crippen molar-refractivity contribution < 1.29 is 27.8 Å². The number of aromatic nitrogens is 2. The minimum Gasteiger partial charge on any atom is -0.507 e. The van der Waals surface area contributed by atoms with E-state index in [0.717, 1.165) is 10.6 Å². The summed E-state index contributed by atoms with van der Waals surface area (Å²) in [4.78, 5) is 30.4. The summed E-state index contributed by atoms with van der Waals surface area (Å²) in [5.41, 5.74) is 1.42. The molecule has 0 saturated carbocycles. The molecule has 3 aromatic carbocycles. The highest BCUT2D eigenvalue weighted by molar-refractivity contribution is 6.08. The zero-order valence-electron chi connectivity index (χ0n) is 18.7. The third kappa shape index (κ3) is 5.11. The Kier molecular flexibility index (Phi) is 6.21. The molecule has 2 N–H and O–H groups in total. The second-order valence-corrected chi connectivity index (χ2v) is 7.95. The number of para-hydroxylation sites is 1. The molecule has 4 aromatic rings. The first-order chi connectivity index (χ1) is 16.5. The van der Waals surface area contributed by atoms with Crippen molar-refractivity contribution in [2.45, 2.75) is 26.8 Å². The lowest BCUT2D eigenvalue weighted by atomic mass is 10.0. The lowest BCUT2D eigenvalue weighted by Crippen LogP contribution is -2.24. The van der Waals surface area contributed by atoms with Gasteiger partial charge in [-0.1, -0.05) is 24.3 Å². The van der Waals surface area contributed by atoms with E-state index in [4.69, 9.17) is 0 Å². The fraction of sp³-hybridized carbons (Fsp3) is 0.160. The Bertz CT molecular complexity index is 1470. The topological polar surface area (TPSA) is 93.5 Å². The van der Waals surface area contributed by atoms with Gasteiger partial charge in [0.15, 0.2) is 0 Å². The molecule has 0 radical (unpaired) electrons. The lowest BCUT2D eigenvalue weighted by Gasteiger charge is -2.15. The van der Waals surface area contributed by atoms with Gasteiger partial charge in [0.25, 0.3) is 11.5 Å². The number of aryl methyl sites for hydroxylation is 2. The Morgan fingerprint density at radius 3 is 2.46 bits per heavy atom. The monoisotopic (exact) mass is 483 g/mol. The molecule has 0 bridgehead atoms. The third-order valence-corrected chi connectivity index (χ3v) is 5.39. The number of hydrogen-bond donors (Lipinski definition) is 2. The Morgan fingerprint density at radius 1 is 1.09 bits per heavy atom. The number of amides is 1. The van der Waals surface area contributed by atoms with Gasteiger partial charge in [-0.2, -0.15) is 0 Å². The van der Waals surface area contributed by atoms with Crippen molar-refractivity contribution in [1.29, 1.82) is 0 Å². The molecule has 0 unspecified atom stereocenters. The third-order valence-electron chi connectivity index (χ3n) is 5.39.